The molecular weight excluding hydrogens is 338 g/mol. The number of rotatable bonds is 8. The molecule has 0 saturated carbocycles. The highest BCUT2D eigenvalue weighted by molar-refractivity contribution is 5.62. The van der Waals surface area contributed by atoms with Crippen LogP contribution in [0.4, 0.5) is 5.95 Å². The van der Waals surface area contributed by atoms with Gasteiger partial charge in [0.15, 0.2) is 11.5 Å². The second kappa shape index (κ2) is 8.62. The summed E-state index contributed by atoms with van der Waals surface area (Å²) in [7, 11) is 3.68. The molecule has 3 rings (SSSR count). The Morgan fingerprint density at radius 1 is 1.00 bits per heavy atom. The summed E-state index contributed by atoms with van der Waals surface area (Å²) in [6.45, 7) is 5.39. The first-order valence-corrected chi connectivity index (χ1v) is 9.30. The molecule has 0 atom stereocenters. The van der Waals surface area contributed by atoms with Gasteiger partial charge in [0.2, 0.25) is 5.95 Å². The Labute approximate surface area is 161 Å². The first-order chi connectivity index (χ1) is 13.2. The third kappa shape index (κ3) is 4.25. The molecule has 0 spiro atoms. The molecule has 1 heterocycles. The average molecular weight is 365 g/mol. The Hall–Kier alpha value is -2.95. The number of aromatic nitrogens is 2. The number of benzene rings is 2. The van der Waals surface area contributed by atoms with Gasteiger partial charge < -0.3 is 19.4 Å². The Morgan fingerprint density at radius 2 is 1.74 bits per heavy atom. The minimum atomic E-state index is 0.614. The SMILES string of the molecule is CCOc1ccc(CNc2ncc(-c3ccc(CC)cc3)n2C)cc1OC. The fourth-order valence-electron chi connectivity index (χ4n) is 3.03. The van der Waals surface area contributed by atoms with E-state index < -0.39 is 0 Å². The molecule has 0 amide bonds. The second-order valence-electron chi connectivity index (χ2n) is 6.35. The van der Waals surface area contributed by atoms with Gasteiger partial charge in [0.1, 0.15) is 0 Å². The predicted molar refractivity (Wildman–Crippen MR) is 110 cm³/mol. The number of aryl methyl sites for hydroxylation is 1. The van der Waals surface area contributed by atoms with E-state index in [1.807, 2.05) is 38.4 Å². The molecule has 0 aliphatic rings. The minimum absolute atomic E-state index is 0.614. The van der Waals surface area contributed by atoms with E-state index in [0.29, 0.717) is 13.2 Å². The summed E-state index contributed by atoms with van der Waals surface area (Å²) < 4.78 is 13.1. The molecule has 1 N–H and O–H groups in total. The van der Waals surface area contributed by atoms with Gasteiger partial charge in [-0.05, 0) is 42.2 Å². The maximum Gasteiger partial charge on any atom is 0.203 e. The van der Waals surface area contributed by atoms with Gasteiger partial charge in [-0.25, -0.2) is 4.98 Å². The molecule has 0 aliphatic heterocycles. The van der Waals surface area contributed by atoms with E-state index in [4.69, 9.17) is 9.47 Å². The molecular formula is C22H27N3O2. The molecule has 2 aromatic carbocycles. The quantitative estimate of drug-likeness (QED) is 0.630. The summed E-state index contributed by atoms with van der Waals surface area (Å²) in [6, 6.07) is 14.6. The van der Waals surface area contributed by atoms with Gasteiger partial charge in [-0.15, -0.1) is 0 Å². The highest BCUT2D eigenvalue weighted by Crippen LogP contribution is 2.28. The molecule has 0 fully saturated rings. The van der Waals surface area contributed by atoms with E-state index in [2.05, 4.69) is 46.1 Å². The highest BCUT2D eigenvalue weighted by atomic mass is 16.5. The minimum Gasteiger partial charge on any atom is -0.493 e. The van der Waals surface area contributed by atoms with Crippen LogP contribution in [0.15, 0.2) is 48.7 Å². The lowest BCUT2D eigenvalue weighted by molar-refractivity contribution is 0.310. The molecule has 142 valence electrons. The smallest absolute Gasteiger partial charge is 0.203 e. The zero-order chi connectivity index (χ0) is 19.2. The van der Waals surface area contributed by atoms with E-state index in [1.165, 1.54) is 5.56 Å². The summed E-state index contributed by atoms with van der Waals surface area (Å²) in [5.41, 5.74) is 4.69. The fraction of sp³-hybridized carbons (Fsp3) is 0.318. The topological polar surface area (TPSA) is 48.3 Å². The monoisotopic (exact) mass is 365 g/mol. The number of methoxy groups -OCH3 is 1. The second-order valence-corrected chi connectivity index (χ2v) is 6.35. The summed E-state index contributed by atoms with van der Waals surface area (Å²) in [5.74, 6) is 2.34. The number of ether oxygens (including phenoxy) is 2. The summed E-state index contributed by atoms with van der Waals surface area (Å²) in [4.78, 5) is 4.54. The third-order valence-corrected chi connectivity index (χ3v) is 4.62. The van der Waals surface area contributed by atoms with Crippen LogP contribution in [0.5, 0.6) is 11.5 Å². The van der Waals surface area contributed by atoms with Crippen LogP contribution in [-0.4, -0.2) is 23.3 Å². The van der Waals surface area contributed by atoms with Crippen LogP contribution >= 0.6 is 0 Å². The lowest BCUT2D eigenvalue weighted by Gasteiger charge is -2.12. The largest absolute Gasteiger partial charge is 0.493 e. The van der Waals surface area contributed by atoms with Crippen molar-refractivity contribution in [2.24, 2.45) is 7.05 Å². The van der Waals surface area contributed by atoms with Crippen molar-refractivity contribution >= 4 is 5.95 Å². The van der Waals surface area contributed by atoms with Gasteiger partial charge in [0, 0.05) is 13.6 Å². The Morgan fingerprint density at radius 3 is 2.41 bits per heavy atom. The molecule has 0 aliphatic carbocycles. The molecule has 3 aromatic rings. The molecule has 0 bridgehead atoms. The number of anilines is 1. The molecule has 1 aromatic heterocycles. The standard InChI is InChI=1S/C22H27N3O2/c1-5-16-7-10-18(11-8-16)19-15-24-22(25(19)3)23-14-17-9-12-20(27-6-2)21(13-17)26-4/h7-13,15H,5-6,14H2,1-4H3,(H,23,24). The number of hydrogen-bond donors (Lipinski definition) is 1. The maximum atomic E-state index is 5.57. The van der Waals surface area contributed by atoms with Gasteiger partial charge in [-0.3, -0.25) is 0 Å². The van der Waals surface area contributed by atoms with Gasteiger partial charge in [-0.2, -0.15) is 0 Å². The first-order valence-electron chi connectivity index (χ1n) is 9.30. The van der Waals surface area contributed by atoms with Crippen LogP contribution in [0.3, 0.4) is 0 Å². The van der Waals surface area contributed by atoms with E-state index >= 15 is 0 Å². The number of nitrogens with zero attached hydrogens (tertiary/aromatic N) is 2. The van der Waals surface area contributed by atoms with Crippen molar-refractivity contribution in [3.05, 3.63) is 59.8 Å². The molecule has 0 unspecified atom stereocenters. The third-order valence-electron chi connectivity index (χ3n) is 4.62. The van der Waals surface area contributed by atoms with Crippen molar-refractivity contribution in [3.8, 4) is 22.8 Å². The lowest BCUT2D eigenvalue weighted by atomic mass is 10.1. The zero-order valence-electron chi connectivity index (χ0n) is 16.5. The number of nitrogens with one attached hydrogen (secondary N) is 1. The predicted octanol–water partition coefficient (Wildman–Crippen LogP) is 4.67. The summed E-state index contributed by atoms with van der Waals surface area (Å²) in [5, 5.41) is 3.40. The highest BCUT2D eigenvalue weighted by Gasteiger charge is 2.10. The van der Waals surface area contributed by atoms with Gasteiger partial charge >= 0.3 is 0 Å². The van der Waals surface area contributed by atoms with Gasteiger partial charge in [0.05, 0.1) is 25.6 Å². The summed E-state index contributed by atoms with van der Waals surface area (Å²) in [6.07, 6.45) is 2.95. The van der Waals surface area contributed by atoms with E-state index in [9.17, 15) is 0 Å². The van der Waals surface area contributed by atoms with Crippen molar-refractivity contribution in [3.63, 3.8) is 0 Å². The van der Waals surface area contributed by atoms with Gasteiger partial charge in [-0.1, -0.05) is 37.3 Å². The lowest BCUT2D eigenvalue weighted by Crippen LogP contribution is -2.06. The maximum absolute atomic E-state index is 5.57. The Balaban J connectivity index is 1.72. The molecule has 5 heteroatoms. The van der Waals surface area contributed by atoms with Crippen LogP contribution in [0, 0.1) is 0 Å². The van der Waals surface area contributed by atoms with Crippen molar-refractivity contribution in [2.45, 2.75) is 26.8 Å². The molecule has 0 saturated heterocycles. The fourth-order valence-corrected chi connectivity index (χ4v) is 3.03. The normalized spacial score (nSPS) is 10.7. The average Bonchev–Trinajstić information content (AvgIpc) is 3.08. The molecule has 0 radical (unpaired) electrons. The molecule has 5 nitrogen and oxygen atoms in total. The first kappa shape index (κ1) is 18.8. The van der Waals surface area contributed by atoms with Crippen LogP contribution in [0.25, 0.3) is 11.3 Å². The van der Waals surface area contributed by atoms with Gasteiger partial charge in [0.25, 0.3) is 0 Å². The Bertz CT molecular complexity index is 885. The van der Waals surface area contributed by atoms with Crippen LogP contribution in [0.1, 0.15) is 25.0 Å². The van der Waals surface area contributed by atoms with E-state index in [-0.39, 0.29) is 0 Å². The van der Waals surface area contributed by atoms with E-state index in [0.717, 1.165) is 40.7 Å². The van der Waals surface area contributed by atoms with Crippen molar-refractivity contribution in [1.29, 1.82) is 0 Å². The Kier molecular flexibility index (Phi) is 6.01. The van der Waals surface area contributed by atoms with E-state index in [1.54, 1.807) is 7.11 Å². The number of hydrogen-bond acceptors (Lipinski definition) is 4. The zero-order valence-corrected chi connectivity index (χ0v) is 16.5. The van der Waals surface area contributed by atoms with Crippen LogP contribution in [-0.2, 0) is 20.0 Å². The summed E-state index contributed by atoms with van der Waals surface area (Å²) >= 11 is 0. The van der Waals surface area contributed by atoms with Crippen molar-refractivity contribution < 1.29 is 9.47 Å². The van der Waals surface area contributed by atoms with Crippen LogP contribution < -0.4 is 14.8 Å². The van der Waals surface area contributed by atoms with Crippen molar-refractivity contribution in [2.75, 3.05) is 19.0 Å². The van der Waals surface area contributed by atoms with Crippen molar-refractivity contribution in [1.82, 2.24) is 9.55 Å². The molecule has 27 heavy (non-hydrogen) atoms. The number of imidazole rings is 1. The van der Waals surface area contributed by atoms with Crippen LogP contribution in [0.2, 0.25) is 0 Å².